The van der Waals surface area contributed by atoms with Crippen LogP contribution in [0.3, 0.4) is 0 Å². The quantitative estimate of drug-likeness (QED) is 0.658. The molecule has 1 fully saturated rings. The van der Waals surface area contributed by atoms with Crippen LogP contribution >= 0.6 is 0 Å². The number of nitrogens with zero attached hydrogens (tertiary/aromatic N) is 5. The first-order chi connectivity index (χ1) is 13.1. The fourth-order valence-corrected chi connectivity index (χ4v) is 3.52. The molecular formula is C19H19FN6O. The number of rotatable bonds is 3. The first-order valence-corrected chi connectivity index (χ1v) is 8.67. The summed E-state index contributed by atoms with van der Waals surface area (Å²) in [7, 11) is 0. The van der Waals surface area contributed by atoms with Gasteiger partial charge in [0.15, 0.2) is 0 Å². The van der Waals surface area contributed by atoms with Crippen LogP contribution in [0.1, 0.15) is 12.0 Å². The van der Waals surface area contributed by atoms with Crippen molar-refractivity contribution in [2.45, 2.75) is 12.5 Å². The molecule has 8 heteroatoms. The highest BCUT2D eigenvalue weighted by molar-refractivity contribution is 6.04. The molecule has 1 saturated heterocycles. The fourth-order valence-electron chi connectivity index (χ4n) is 3.52. The first-order valence-electron chi connectivity index (χ1n) is 8.67. The second-order valence-electron chi connectivity index (χ2n) is 6.54. The second kappa shape index (κ2) is 6.79. The number of fused-ring (bicyclic) bond motifs is 1. The molecular weight excluding hydrogens is 347 g/mol. The van der Waals surface area contributed by atoms with Gasteiger partial charge in [-0.3, -0.25) is 9.78 Å². The van der Waals surface area contributed by atoms with E-state index in [1.165, 1.54) is 18.3 Å². The number of halogens is 1. The van der Waals surface area contributed by atoms with Crippen LogP contribution in [-0.4, -0.2) is 52.4 Å². The third-order valence-corrected chi connectivity index (χ3v) is 4.98. The summed E-state index contributed by atoms with van der Waals surface area (Å²) in [6.45, 7) is 5.28. The lowest BCUT2D eigenvalue weighted by Gasteiger charge is -2.33. The molecule has 2 N–H and O–H groups in total. The van der Waals surface area contributed by atoms with Gasteiger partial charge in [-0.25, -0.2) is 9.98 Å². The maximum atomic E-state index is 13.1. The van der Waals surface area contributed by atoms with E-state index in [9.17, 15) is 9.18 Å². The molecule has 2 aromatic heterocycles. The SMILES string of the molecule is C=CC(=O)N1CC[C@H](N2CN=C(N)c3cc(-c4ccc(F)nc4)ncc32)C1. The van der Waals surface area contributed by atoms with Crippen molar-refractivity contribution < 1.29 is 9.18 Å². The van der Waals surface area contributed by atoms with Crippen LogP contribution in [0, 0.1) is 5.95 Å². The van der Waals surface area contributed by atoms with Crippen LogP contribution in [0.2, 0.25) is 0 Å². The van der Waals surface area contributed by atoms with E-state index < -0.39 is 5.95 Å². The number of nitrogens with two attached hydrogens (primary N) is 1. The Morgan fingerprint density at radius 1 is 1.33 bits per heavy atom. The van der Waals surface area contributed by atoms with Gasteiger partial charge in [0.1, 0.15) is 12.5 Å². The summed E-state index contributed by atoms with van der Waals surface area (Å²) in [5.41, 5.74) is 9.14. The number of carbonyl (C=O) groups excluding carboxylic acids is 1. The monoisotopic (exact) mass is 366 g/mol. The summed E-state index contributed by atoms with van der Waals surface area (Å²) in [4.78, 5) is 28.4. The van der Waals surface area contributed by atoms with E-state index in [2.05, 4.69) is 26.4 Å². The summed E-state index contributed by atoms with van der Waals surface area (Å²) >= 11 is 0. The van der Waals surface area contributed by atoms with Crippen molar-refractivity contribution in [3.8, 4) is 11.3 Å². The number of hydrogen-bond acceptors (Lipinski definition) is 6. The van der Waals surface area contributed by atoms with Gasteiger partial charge in [0.05, 0.1) is 23.6 Å². The molecule has 0 aromatic carbocycles. The van der Waals surface area contributed by atoms with E-state index in [0.29, 0.717) is 36.9 Å². The van der Waals surface area contributed by atoms with Gasteiger partial charge in [-0.05, 0) is 30.7 Å². The molecule has 1 amide bonds. The summed E-state index contributed by atoms with van der Waals surface area (Å²) in [5, 5.41) is 0. The van der Waals surface area contributed by atoms with E-state index in [4.69, 9.17) is 5.73 Å². The predicted molar refractivity (Wildman–Crippen MR) is 101 cm³/mol. The van der Waals surface area contributed by atoms with Gasteiger partial charge in [-0.15, -0.1) is 0 Å². The Morgan fingerprint density at radius 3 is 2.93 bits per heavy atom. The molecule has 27 heavy (non-hydrogen) atoms. The number of aliphatic imine (C=N–C) groups is 1. The van der Waals surface area contributed by atoms with E-state index in [1.54, 1.807) is 17.2 Å². The standard InChI is InChI=1S/C19H19FN6O/c1-2-18(27)25-6-5-13(10-25)26-11-24-19(21)14-7-15(22-9-16(14)26)12-3-4-17(20)23-8-12/h2-4,7-9,13H,1,5-6,10-11H2,(H2,21,24)/t13-/m0/s1. The zero-order valence-corrected chi connectivity index (χ0v) is 14.7. The molecule has 4 heterocycles. The van der Waals surface area contributed by atoms with Crippen LogP contribution in [0.15, 0.2) is 48.2 Å². The maximum Gasteiger partial charge on any atom is 0.246 e. The highest BCUT2D eigenvalue weighted by Gasteiger charge is 2.32. The van der Waals surface area contributed by atoms with Crippen molar-refractivity contribution in [1.29, 1.82) is 0 Å². The van der Waals surface area contributed by atoms with E-state index in [0.717, 1.165) is 17.7 Å². The number of hydrogen-bond donors (Lipinski definition) is 1. The average Bonchev–Trinajstić information content (AvgIpc) is 3.18. The maximum absolute atomic E-state index is 13.1. The van der Waals surface area contributed by atoms with Gasteiger partial charge >= 0.3 is 0 Å². The van der Waals surface area contributed by atoms with E-state index >= 15 is 0 Å². The lowest BCUT2D eigenvalue weighted by Crippen LogP contribution is -2.42. The molecule has 2 aliphatic heterocycles. The van der Waals surface area contributed by atoms with E-state index in [1.807, 2.05) is 6.07 Å². The summed E-state index contributed by atoms with van der Waals surface area (Å²) < 4.78 is 13.1. The molecule has 0 saturated carbocycles. The van der Waals surface area contributed by atoms with E-state index in [-0.39, 0.29) is 11.9 Å². The zero-order chi connectivity index (χ0) is 19.0. The third kappa shape index (κ3) is 3.14. The summed E-state index contributed by atoms with van der Waals surface area (Å²) in [6.07, 6.45) is 5.38. The molecule has 7 nitrogen and oxygen atoms in total. The van der Waals surface area contributed by atoms with Crippen LogP contribution < -0.4 is 10.6 Å². The van der Waals surface area contributed by atoms with Gasteiger partial charge in [0.2, 0.25) is 11.9 Å². The minimum absolute atomic E-state index is 0.0602. The van der Waals surface area contributed by atoms with Crippen molar-refractivity contribution in [3.05, 3.63) is 54.8 Å². The molecule has 2 aliphatic rings. The molecule has 0 unspecified atom stereocenters. The van der Waals surface area contributed by atoms with Crippen LogP contribution in [0.4, 0.5) is 10.1 Å². The minimum Gasteiger partial charge on any atom is -0.383 e. The van der Waals surface area contributed by atoms with Gasteiger partial charge in [0, 0.05) is 30.4 Å². The Labute approximate surface area is 156 Å². The first kappa shape index (κ1) is 17.1. The zero-order valence-electron chi connectivity index (χ0n) is 14.7. The van der Waals surface area contributed by atoms with Crippen molar-refractivity contribution in [2.75, 3.05) is 24.7 Å². The number of pyridine rings is 2. The smallest absolute Gasteiger partial charge is 0.246 e. The van der Waals surface area contributed by atoms with Gasteiger partial charge < -0.3 is 15.5 Å². The Balaban J connectivity index is 1.64. The van der Waals surface area contributed by atoms with Crippen molar-refractivity contribution in [1.82, 2.24) is 14.9 Å². The van der Waals surface area contributed by atoms with Gasteiger partial charge in [-0.2, -0.15) is 4.39 Å². The number of amidine groups is 1. The lowest BCUT2D eigenvalue weighted by molar-refractivity contribution is -0.125. The number of aromatic nitrogens is 2. The molecule has 1 atom stereocenters. The highest BCUT2D eigenvalue weighted by Crippen LogP contribution is 2.31. The average molecular weight is 366 g/mol. The molecule has 2 aromatic rings. The Bertz CT molecular complexity index is 926. The van der Waals surface area contributed by atoms with Gasteiger partial charge in [-0.1, -0.05) is 6.58 Å². The van der Waals surface area contributed by atoms with Crippen molar-refractivity contribution in [3.63, 3.8) is 0 Å². The number of likely N-dealkylation sites (tertiary alicyclic amines) is 1. The number of amides is 1. The highest BCUT2D eigenvalue weighted by atomic mass is 19.1. The van der Waals surface area contributed by atoms with Crippen LogP contribution in [0.5, 0.6) is 0 Å². The molecule has 0 radical (unpaired) electrons. The summed E-state index contributed by atoms with van der Waals surface area (Å²) in [6, 6.07) is 4.91. The topological polar surface area (TPSA) is 87.7 Å². The minimum atomic E-state index is -0.538. The Hall–Kier alpha value is -3.29. The van der Waals surface area contributed by atoms with Crippen LogP contribution in [0.25, 0.3) is 11.3 Å². The largest absolute Gasteiger partial charge is 0.383 e. The predicted octanol–water partition coefficient (Wildman–Crippen LogP) is 1.55. The van der Waals surface area contributed by atoms with Crippen LogP contribution in [-0.2, 0) is 4.79 Å². The second-order valence-corrected chi connectivity index (χ2v) is 6.54. The molecule has 0 spiro atoms. The van der Waals surface area contributed by atoms with Gasteiger partial charge in [0.25, 0.3) is 0 Å². The molecule has 4 rings (SSSR count). The number of carbonyl (C=O) groups is 1. The molecule has 0 aliphatic carbocycles. The number of anilines is 1. The van der Waals surface area contributed by atoms with Crippen molar-refractivity contribution in [2.24, 2.45) is 10.7 Å². The molecule has 138 valence electrons. The lowest BCUT2D eigenvalue weighted by atomic mass is 10.1. The normalized spacial score (nSPS) is 18.9. The molecule has 0 bridgehead atoms. The fraction of sp³-hybridized carbons (Fsp3) is 0.263. The Kier molecular flexibility index (Phi) is 4.31. The van der Waals surface area contributed by atoms with Crippen molar-refractivity contribution >= 4 is 17.4 Å². The third-order valence-electron chi connectivity index (χ3n) is 4.98. The summed E-state index contributed by atoms with van der Waals surface area (Å²) in [5.74, 6) is -0.157. The Morgan fingerprint density at radius 2 is 2.19 bits per heavy atom.